The van der Waals surface area contributed by atoms with E-state index >= 15 is 0 Å². The number of aromatic nitrogens is 1. The summed E-state index contributed by atoms with van der Waals surface area (Å²) in [5.41, 5.74) is 0.387. The van der Waals surface area contributed by atoms with Gasteiger partial charge in [0.1, 0.15) is 16.5 Å². The zero-order valence-corrected chi connectivity index (χ0v) is 11.2. The van der Waals surface area contributed by atoms with Crippen LogP contribution in [0.5, 0.6) is 0 Å². The molecule has 0 saturated carbocycles. The smallest absolute Gasteiger partial charge is 0.295 e. The van der Waals surface area contributed by atoms with E-state index < -0.39 is 10.7 Å². The second-order valence-corrected chi connectivity index (χ2v) is 5.04. The number of hydrogen-bond donors (Lipinski definition) is 1. The van der Waals surface area contributed by atoms with Crippen LogP contribution >= 0.6 is 11.3 Å². The molecule has 1 unspecified atom stereocenters. The molecule has 2 aromatic rings. The zero-order valence-electron chi connectivity index (χ0n) is 10.4. The van der Waals surface area contributed by atoms with Crippen LogP contribution in [0.1, 0.15) is 23.5 Å². The lowest BCUT2D eigenvalue weighted by atomic mass is 10.1. The van der Waals surface area contributed by atoms with Crippen molar-refractivity contribution in [3.05, 3.63) is 50.2 Å². The first-order valence-corrected chi connectivity index (χ1v) is 6.47. The molecule has 0 aliphatic carbocycles. The first-order valence-electron chi connectivity index (χ1n) is 5.59. The van der Waals surface area contributed by atoms with Crippen molar-refractivity contribution >= 4 is 22.7 Å². The molecule has 0 bridgehead atoms. The number of anilines is 1. The van der Waals surface area contributed by atoms with Crippen LogP contribution in [-0.4, -0.2) is 9.91 Å². The van der Waals surface area contributed by atoms with Crippen molar-refractivity contribution in [3.8, 4) is 0 Å². The second-order valence-electron chi connectivity index (χ2n) is 4.11. The molecule has 0 spiro atoms. The van der Waals surface area contributed by atoms with Crippen LogP contribution in [0.3, 0.4) is 0 Å². The number of nitro benzene ring substituents is 1. The Morgan fingerprint density at radius 1 is 1.53 bits per heavy atom. The largest absolute Gasteiger partial charge is 0.371 e. The van der Waals surface area contributed by atoms with Crippen LogP contribution < -0.4 is 5.32 Å². The predicted molar refractivity (Wildman–Crippen MR) is 71.9 cm³/mol. The number of nitro groups is 1. The van der Waals surface area contributed by atoms with Gasteiger partial charge >= 0.3 is 0 Å². The molecule has 1 heterocycles. The number of thiazole rings is 1. The number of nitrogens with zero attached hydrogens (tertiary/aromatic N) is 2. The molecule has 0 saturated heterocycles. The molecule has 5 nitrogen and oxygen atoms in total. The Hall–Kier alpha value is -2.02. The molecule has 1 aromatic carbocycles. The third-order valence-corrected chi connectivity index (χ3v) is 3.63. The summed E-state index contributed by atoms with van der Waals surface area (Å²) in [5, 5.41) is 16.6. The van der Waals surface area contributed by atoms with E-state index in [9.17, 15) is 14.5 Å². The van der Waals surface area contributed by atoms with Gasteiger partial charge in [0.15, 0.2) is 0 Å². The Kier molecular flexibility index (Phi) is 3.75. The van der Waals surface area contributed by atoms with Crippen molar-refractivity contribution in [2.24, 2.45) is 0 Å². The van der Waals surface area contributed by atoms with Gasteiger partial charge in [-0.3, -0.25) is 10.1 Å². The van der Waals surface area contributed by atoms with E-state index in [1.807, 2.05) is 12.3 Å². The van der Waals surface area contributed by atoms with Crippen LogP contribution in [0.4, 0.5) is 15.8 Å². The summed E-state index contributed by atoms with van der Waals surface area (Å²) in [7, 11) is 0. The Balaban J connectivity index is 2.33. The maximum atomic E-state index is 13.4. The van der Waals surface area contributed by atoms with Gasteiger partial charge in [0, 0.05) is 11.6 Å². The van der Waals surface area contributed by atoms with Gasteiger partial charge in [-0.25, -0.2) is 9.37 Å². The SMILES string of the molecule is Cc1cc(NC(C)c2nccs2)c([N+](=O)[O-])cc1F. The number of rotatable bonds is 4. The van der Waals surface area contributed by atoms with Gasteiger partial charge in [-0.05, 0) is 25.5 Å². The van der Waals surface area contributed by atoms with E-state index in [1.54, 1.807) is 13.1 Å². The van der Waals surface area contributed by atoms with Crippen molar-refractivity contribution in [3.63, 3.8) is 0 Å². The monoisotopic (exact) mass is 281 g/mol. The minimum Gasteiger partial charge on any atom is -0.371 e. The highest BCUT2D eigenvalue weighted by Crippen LogP contribution is 2.31. The van der Waals surface area contributed by atoms with Crippen molar-refractivity contribution in [1.29, 1.82) is 0 Å². The molecule has 2 rings (SSSR count). The normalized spacial score (nSPS) is 12.2. The quantitative estimate of drug-likeness (QED) is 0.685. The number of hydrogen-bond acceptors (Lipinski definition) is 5. The molecule has 0 fully saturated rings. The first kappa shape index (κ1) is 13.4. The second kappa shape index (κ2) is 5.31. The molecular weight excluding hydrogens is 269 g/mol. The summed E-state index contributed by atoms with van der Waals surface area (Å²) >= 11 is 1.45. The van der Waals surface area contributed by atoms with Crippen LogP contribution in [0.2, 0.25) is 0 Å². The van der Waals surface area contributed by atoms with E-state index in [2.05, 4.69) is 10.3 Å². The summed E-state index contributed by atoms with van der Waals surface area (Å²) in [5.74, 6) is -0.584. The average molecular weight is 281 g/mol. The van der Waals surface area contributed by atoms with E-state index in [-0.39, 0.29) is 11.7 Å². The fraction of sp³-hybridized carbons (Fsp3) is 0.250. The molecule has 1 aromatic heterocycles. The van der Waals surface area contributed by atoms with E-state index in [0.717, 1.165) is 11.1 Å². The molecule has 7 heteroatoms. The number of nitrogens with one attached hydrogen (secondary N) is 1. The molecule has 100 valence electrons. The topological polar surface area (TPSA) is 68.1 Å². The first-order chi connectivity index (χ1) is 8.99. The molecule has 0 aliphatic rings. The molecule has 1 atom stereocenters. The third-order valence-electron chi connectivity index (χ3n) is 2.67. The fourth-order valence-electron chi connectivity index (χ4n) is 1.68. The number of aryl methyl sites for hydroxylation is 1. The maximum absolute atomic E-state index is 13.4. The predicted octanol–water partition coefficient (Wildman–Crippen LogP) is 3.67. The van der Waals surface area contributed by atoms with Gasteiger partial charge in [-0.1, -0.05) is 0 Å². The van der Waals surface area contributed by atoms with Crippen LogP contribution in [0.25, 0.3) is 0 Å². The van der Waals surface area contributed by atoms with Crippen molar-refractivity contribution < 1.29 is 9.31 Å². The Labute approximate surface area is 113 Å². The van der Waals surface area contributed by atoms with Gasteiger partial charge < -0.3 is 5.32 Å². The van der Waals surface area contributed by atoms with Crippen LogP contribution in [0.15, 0.2) is 23.7 Å². The van der Waals surface area contributed by atoms with E-state index in [0.29, 0.717) is 11.3 Å². The Bertz CT molecular complexity index is 601. The molecule has 0 amide bonds. The maximum Gasteiger partial charge on any atom is 0.295 e. The molecule has 1 N–H and O–H groups in total. The van der Waals surface area contributed by atoms with Gasteiger partial charge in [0.2, 0.25) is 0 Å². The van der Waals surface area contributed by atoms with Crippen molar-refractivity contribution in [2.75, 3.05) is 5.32 Å². The fourth-order valence-corrected chi connectivity index (χ4v) is 2.33. The lowest BCUT2D eigenvalue weighted by molar-refractivity contribution is -0.384. The Morgan fingerprint density at radius 3 is 2.84 bits per heavy atom. The summed E-state index contributed by atoms with van der Waals surface area (Å²) in [6.07, 6.45) is 1.67. The number of halogens is 1. The van der Waals surface area contributed by atoms with Crippen molar-refractivity contribution in [2.45, 2.75) is 19.9 Å². The van der Waals surface area contributed by atoms with E-state index in [1.165, 1.54) is 17.4 Å². The molecule has 19 heavy (non-hydrogen) atoms. The third kappa shape index (κ3) is 2.87. The highest BCUT2D eigenvalue weighted by molar-refractivity contribution is 7.09. The lowest BCUT2D eigenvalue weighted by Crippen LogP contribution is -2.08. The Morgan fingerprint density at radius 2 is 2.26 bits per heavy atom. The molecule has 0 radical (unpaired) electrons. The van der Waals surface area contributed by atoms with Gasteiger partial charge in [-0.2, -0.15) is 0 Å². The van der Waals surface area contributed by atoms with Crippen LogP contribution in [-0.2, 0) is 0 Å². The van der Waals surface area contributed by atoms with Gasteiger partial charge in [0.25, 0.3) is 5.69 Å². The summed E-state index contributed by atoms with van der Waals surface area (Å²) in [4.78, 5) is 14.5. The molecule has 0 aliphatic heterocycles. The van der Waals surface area contributed by atoms with Crippen LogP contribution in [0, 0.1) is 22.9 Å². The zero-order chi connectivity index (χ0) is 14.0. The average Bonchev–Trinajstić information content (AvgIpc) is 2.86. The van der Waals surface area contributed by atoms with Crippen molar-refractivity contribution in [1.82, 2.24) is 4.98 Å². The van der Waals surface area contributed by atoms with Gasteiger partial charge in [-0.15, -0.1) is 11.3 Å². The highest BCUT2D eigenvalue weighted by atomic mass is 32.1. The summed E-state index contributed by atoms with van der Waals surface area (Å²) in [6, 6.07) is 2.20. The minimum absolute atomic E-state index is 0.177. The van der Waals surface area contributed by atoms with Gasteiger partial charge in [0.05, 0.1) is 17.0 Å². The van der Waals surface area contributed by atoms with E-state index in [4.69, 9.17) is 0 Å². The lowest BCUT2D eigenvalue weighted by Gasteiger charge is -2.13. The highest BCUT2D eigenvalue weighted by Gasteiger charge is 2.19. The minimum atomic E-state index is -0.598. The standard InChI is InChI=1S/C12H12FN3O2S/c1-7-5-10(11(16(17)18)6-9(7)13)15-8(2)12-14-3-4-19-12/h3-6,8,15H,1-2H3. The molecular formula is C12H12FN3O2S. The summed E-state index contributed by atoms with van der Waals surface area (Å²) < 4.78 is 13.4. The number of benzene rings is 1. The summed E-state index contributed by atoms with van der Waals surface area (Å²) in [6.45, 7) is 3.42.